The molecule has 0 aliphatic rings. The quantitative estimate of drug-likeness (QED) is 0.547. The smallest absolute Gasteiger partial charge is 0.0807 e. The molecule has 0 amide bonds. The number of ether oxygens (including phenoxy) is 2. The topological polar surface area (TPSA) is 58.9 Å². The molecule has 2 N–H and O–H groups in total. The van der Waals surface area contributed by atoms with Crippen molar-refractivity contribution in [1.29, 1.82) is 0 Å². The second-order valence-electron chi connectivity index (χ2n) is 4.35. The van der Waals surface area contributed by atoms with E-state index < -0.39 is 0 Å². The maximum atomic E-state index is 9.38. The van der Waals surface area contributed by atoms with Crippen LogP contribution in [0, 0.1) is 0 Å². The molecule has 17 heavy (non-hydrogen) atoms. The van der Waals surface area contributed by atoms with Crippen molar-refractivity contribution >= 4 is 0 Å². The summed E-state index contributed by atoms with van der Waals surface area (Å²) in [4.78, 5) is 0. The molecule has 3 atom stereocenters. The van der Waals surface area contributed by atoms with E-state index in [1.165, 1.54) is 0 Å². The first-order valence-electron chi connectivity index (χ1n) is 6.69. The van der Waals surface area contributed by atoms with Crippen molar-refractivity contribution in [2.45, 2.75) is 64.8 Å². The average Bonchev–Trinajstić information content (AvgIpc) is 2.36. The zero-order valence-electron chi connectivity index (χ0n) is 11.4. The fourth-order valence-corrected chi connectivity index (χ4v) is 1.29. The van der Waals surface area contributed by atoms with Crippen molar-refractivity contribution in [1.82, 2.24) is 0 Å². The molecule has 0 heterocycles. The Morgan fingerprint density at radius 2 is 1.53 bits per heavy atom. The standard InChI is InChI=1S/C13H28O4/c1-4-11(14)7-8-16-10-13(6-3)17-9-12(15)5-2/h11-15H,4-10H2,1-3H3. The fourth-order valence-electron chi connectivity index (χ4n) is 1.29. The minimum Gasteiger partial charge on any atom is -0.393 e. The number of aliphatic hydroxyl groups is 2. The lowest BCUT2D eigenvalue weighted by Crippen LogP contribution is -2.25. The molecule has 0 rings (SSSR count). The molecule has 3 unspecified atom stereocenters. The lowest BCUT2D eigenvalue weighted by atomic mass is 10.2. The molecule has 0 spiro atoms. The summed E-state index contributed by atoms with van der Waals surface area (Å²) >= 11 is 0. The molecule has 0 saturated carbocycles. The van der Waals surface area contributed by atoms with Crippen LogP contribution in [-0.4, -0.2) is 48.3 Å². The van der Waals surface area contributed by atoms with Gasteiger partial charge in [0, 0.05) is 6.61 Å². The van der Waals surface area contributed by atoms with Crippen LogP contribution < -0.4 is 0 Å². The van der Waals surface area contributed by atoms with Crippen LogP contribution in [0.5, 0.6) is 0 Å². The zero-order chi connectivity index (χ0) is 13.1. The summed E-state index contributed by atoms with van der Waals surface area (Å²) in [5.74, 6) is 0. The summed E-state index contributed by atoms with van der Waals surface area (Å²) in [5.41, 5.74) is 0. The molecular formula is C13H28O4. The predicted molar refractivity (Wildman–Crippen MR) is 68.1 cm³/mol. The predicted octanol–water partition coefficient (Wildman–Crippen LogP) is 1.73. The average molecular weight is 248 g/mol. The molecule has 0 bridgehead atoms. The lowest BCUT2D eigenvalue weighted by molar-refractivity contribution is -0.0535. The van der Waals surface area contributed by atoms with Crippen molar-refractivity contribution in [3.05, 3.63) is 0 Å². The second-order valence-corrected chi connectivity index (χ2v) is 4.35. The molecule has 4 heteroatoms. The number of hydrogen-bond acceptors (Lipinski definition) is 4. The van der Waals surface area contributed by atoms with E-state index in [0.717, 1.165) is 12.8 Å². The summed E-state index contributed by atoms with van der Waals surface area (Å²) in [6, 6.07) is 0. The van der Waals surface area contributed by atoms with E-state index in [-0.39, 0.29) is 18.3 Å². The van der Waals surface area contributed by atoms with Crippen LogP contribution >= 0.6 is 0 Å². The van der Waals surface area contributed by atoms with E-state index in [4.69, 9.17) is 9.47 Å². The summed E-state index contributed by atoms with van der Waals surface area (Å²) in [5, 5.41) is 18.7. The van der Waals surface area contributed by atoms with Crippen molar-refractivity contribution < 1.29 is 19.7 Å². The normalized spacial score (nSPS) is 16.8. The summed E-state index contributed by atoms with van der Waals surface area (Å²) in [6.07, 6.45) is 2.40. The van der Waals surface area contributed by atoms with Gasteiger partial charge in [0.1, 0.15) is 0 Å². The van der Waals surface area contributed by atoms with Crippen molar-refractivity contribution in [3.8, 4) is 0 Å². The van der Waals surface area contributed by atoms with Gasteiger partial charge in [-0.3, -0.25) is 0 Å². The van der Waals surface area contributed by atoms with Gasteiger partial charge in [0.25, 0.3) is 0 Å². The maximum Gasteiger partial charge on any atom is 0.0807 e. The van der Waals surface area contributed by atoms with E-state index >= 15 is 0 Å². The third kappa shape index (κ3) is 9.53. The molecule has 0 aliphatic heterocycles. The maximum absolute atomic E-state index is 9.38. The van der Waals surface area contributed by atoms with Crippen molar-refractivity contribution in [3.63, 3.8) is 0 Å². The van der Waals surface area contributed by atoms with Gasteiger partial charge in [0.15, 0.2) is 0 Å². The molecule has 0 aromatic rings. The van der Waals surface area contributed by atoms with E-state index in [2.05, 4.69) is 0 Å². The van der Waals surface area contributed by atoms with Gasteiger partial charge in [-0.2, -0.15) is 0 Å². The summed E-state index contributed by atoms with van der Waals surface area (Å²) in [7, 11) is 0. The fraction of sp³-hybridized carbons (Fsp3) is 1.00. The van der Waals surface area contributed by atoms with Gasteiger partial charge in [-0.25, -0.2) is 0 Å². The summed E-state index contributed by atoms with van der Waals surface area (Å²) in [6.45, 7) is 7.38. The van der Waals surface area contributed by atoms with Gasteiger partial charge in [0.2, 0.25) is 0 Å². The SMILES string of the molecule is CCC(O)CCOCC(CC)OCC(O)CC. The molecule has 0 saturated heterocycles. The van der Waals surface area contributed by atoms with Crippen LogP contribution in [0.3, 0.4) is 0 Å². The van der Waals surface area contributed by atoms with Gasteiger partial charge in [-0.1, -0.05) is 20.8 Å². The first-order chi connectivity index (χ1) is 8.13. The van der Waals surface area contributed by atoms with Gasteiger partial charge in [-0.15, -0.1) is 0 Å². The van der Waals surface area contributed by atoms with Gasteiger partial charge < -0.3 is 19.7 Å². The number of aliphatic hydroxyl groups excluding tert-OH is 2. The molecule has 0 fully saturated rings. The van der Waals surface area contributed by atoms with Gasteiger partial charge in [0.05, 0.1) is 31.5 Å². The Morgan fingerprint density at radius 1 is 0.882 bits per heavy atom. The van der Waals surface area contributed by atoms with E-state index in [0.29, 0.717) is 32.7 Å². The molecule has 0 aromatic heterocycles. The number of rotatable bonds is 11. The highest BCUT2D eigenvalue weighted by Crippen LogP contribution is 2.03. The van der Waals surface area contributed by atoms with E-state index in [9.17, 15) is 10.2 Å². The first-order valence-corrected chi connectivity index (χ1v) is 6.69. The third-order valence-electron chi connectivity index (χ3n) is 2.82. The Balaban J connectivity index is 3.54. The Hall–Kier alpha value is -0.160. The highest BCUT2D eigenvalue weighted by Gasteiger charge is 2.10. The Labute approximate surface area is 105 Å². The van der Waals surface area contributed by atoms with E-state index in [1.807, 2.05) is 20.8 Å². The minimum absolute atomic E-state index is 0.0370. The first kappa shape index (κ1) is 16.8. The van der Waals surface area contributed by atoms with Crippen LogP contribution in [0.15, 0.2) is 0 Å². The Bertz CT molecular complexity index is 163. The molecular weight excluding hydrogens is 220 g/mol. The van der Waals surface area contributed by atoms with Crippen LogP contribution in [0.2, 0.25) is 0 Å². The van der Waals surface area contributed by atoms with Crippen LogP contribution in [0.1, 0.15) is 46.5 Å². The molecule has 0 aromatic carbocycles. The minimum atomic E-state index is -0.383. The monoisotopic (exact) mass is 248 g/mol. The van der Waals surface area contributed by atoms with Crippen LogP contribution in [0.4, 0.5) is 0 Å². The molecule has 0 aliphatic carbocycles. The molecule has 0 radical (unpaired) electrons. The Kier molecular flexibility index (Phi) is 10.9. The third-order valence-corrected chi connectivity index (χ3v) is 2.82. The van der Waals surface area contributed by atoms with Gasteiger partial charge in [-0.05, 0) is 25.7 Å². The van der Waals surface area contributed by atoms with Gasteiger partial charge >= 0.3 is 0 Å². The zero-order valence-corrected chi connectivity index (χ0v) is 11.4. The Morgan fingerprint density at radius 3 is 2.06 bits per heavy atom. The molecule has 4 nitrogen and oxygen atoms in total. The lowest BCUT2D eigenvalue weighted by Gasteiger charge is -2.18. The van der Waals surface area contributed by atoms with Crippen molar-refractivity contribution in [2.75, 3.05) is 19.8 Å². The highest BCUT2D eigenvalue weighted by molar-refractivity contribution is 4.58. The molecule has 104 valence electrons. The largest absolute Gasteiger partial charge is 0.393 e. The van der Waals surface area contributed by atoms with Crippen molar-refractivity contribution in [2.24, 2.45) is 0 Å². The summed E-state index contributed by atoms with van der Waals surface area (Å²) < 4.78 is 11.0. The van der Waals surface area contributed by atoms with Crippen LogP contribution in [0.25, 0.3) is 0 Å². The number of hydrogen-bond donors (Lipinski definition) is 2. The highest BCUT2D eigenvalue weighted by atomic mass is 16.5. The van der Waals surface area contributed by atoms with E-state index in [1.54, 1.807) is 0 Å². The van der Waals surface area contributed by atoms with Crippen LogP contribution in [-0.2, 0) is 9.47 Å². The second kappa shape index (κ2) is 11.0.